The second-order valence-corrected chi connectivity index (χ2v) is 10.3. The maximum Gasteiger partial charge on any atom is 0.235 e. The van der Waals surface area contributed by atoms with Crippen LogP contribution in [0.3, 0.4) is 0 Å². The molecule has 1 N–H and O–H groups in total. The van der Waals surface area contributed by atoms with Crippen LogP contribution in [0.5, 0.6) is 5.75 Å². The van der Waals surface area contributed by atoms with Gasteiger partial charge in [-0.3, -0.25) is 4.79 Å². The molecule has 0 radical (unpaired) electrons. The lowest BCUT2D eigenvalue weighted by Gasteiger charge is -2.08. The van der Waals surface area contributed by atoms with Gasteiger partial charge in [-0.05, 0) is 68.4 Å². The van der Waals surface area contributed by atoms with Crippen LogP contribution in [-0.4, -0.2) is 26.4 Å². The molecule has 1 amide bonds. The van der Waals surface area contributed by atoms with Crippen LogP contribution < -0.4 is 10.1 Å². The van der Waals surface area contributed by atoms with Crippen LogP contribution in [0.1, 0.15) is 52.2 Å². The summed E-state index contributed by atoms with van der Waals surface area (Å²) in [6.07, 6.45) is 5.35. The topological polar surface area (TPSA) is 92.8 Å². The van der Waals surface area contributed by atoms with Crippen molar-refractivity contribution in [2.45, 2.75) is 57.7 Å². The molecule has 1 aromatic carbocycles. The number of amides is 1. The summed E-state index contributed by atoms with van der Waals surface area (Å²) < 4.78 is 7.70. The second kappa shape index (κ2) is 10.4. The Hall–Kier alpha value is -2.83. The van der Waals surface area contributed by atoms with Crippen molar-refractivity contribution in [3.63, 3.8) is 0 Å². The Morgan fingerprint density at radius 2 is 2.06 bits per heavy atom. The molecular formula is C24H27N5O2S2. The Labute approximate surface area is 202 Å². The van der Waals surface area contributed by atoms with Crippen LogP contribution >= 0.6 is 23.1 Å². The number of hydrogen-bond donors (Lipinski definition) is 1. The summed E-state index contributed by atoms with van der Waals surface area (Å²) >= 11 is 2.87. The first-order chi connectivity index (χ1) is 16.0. The highest BCUT2D eigenvalue weighted by molar-refractivity contribution is 7.99. The van der Waals surface area contributed by atoms with Crippen LogP contribution in [0.4, 0.5) is 5.00 Å². The first-order valence-electron chi connectivity index (χ1n) is 11.0. The highest BCUT2D eigenvalue weighted by Crippen LogP contribution is 2.37. The molecule has 9 heteroatoms. The standard InChI is InChI=1S/C24H27N5O2S2/c1-15-9-10-17(11-16(15)2)31-13-21-27-28-24(29(21)3)32-14-22(30)26-23-19(12-25)18-7-5-4-6-8-20(18)33-23/h9-11H,4-8,13-14H2,1-3H3,(H,26,30). The van der Waals surface area contributed by atoms with E-state index in [2.05, 4.69) is 35.4 Å². The molecule has 1 aliphatic carbocycles. The number of benzene rings is 1. The van der Waals surface area contributed by atoms with Crippen LogP contribution in [0.25, 0.3) is 0 Å². The van der Waals surface area contributed by atoms with Gasteiger partial charge in [-0.25, -0.2) is 0 Å². The number of aryl methyl sites for hydroxylation is 3. The average molecular weight is 482 g/mol. The van der Waals surface area contributed by atoms with Crippen molar-refractivity contribution in [3.8, 4) is 11.8 Å². The number of nitrogens with one attached hydrogen (secondary N) is 1. The van der Waals surface area contributed by atoms with Crippen molar-refractivity contribution < 1.29 is 9.53 Å². The van der Waals surface area contributed by atoms with Gasteiger partial charge in [0.25, 0.3) is 0 Å². The Bertz CT molecular complexity index is 1210. The van der Waals surface area contributed by atoms with Gasteiger partial charge >= 0.3 is 0 Å². The first-order valence-corrected chi connectivity index (χ1v) is 12.8. The maximum absolute atomic E-state index is 12.6. The quantitative estimate of drug-likeness (QED) is 0.379. The van der Waals surface area contributed by atoms with Crippen molar-refractivity contribution >= 4 is 34.0 Å². The van der Waals surface area contributed by atoms with Gasteiger partial charge in [-0.2, -0.15) is 5.26 Å². The second-order valence-electron chi connectivity index (χ2n) is 8.21. The van der Waals surface area contributed by atoms with E-state index < -0.39 is 0 Å². The predicted molar refractivity (Wildman–Crippen MR) is 131 cm³/mol. The number of anilines is 1. The maximum atomic E-state index is 12.6. The first kappa shape index (κ1) is 23.3. The molecule has 4 rings (SSSR count). The monoisotopic (exact) mass is 481 g/mol. The molecule has 0 fully saturated rings. The van der Waals surface area contributed by atoms with E-state index in [1.807, 2.05) is 29.8 Å². The molecule has 0 atom stereocenters. The largest absolute Gasteiger partial charge is 0.486 e. The third kappa shape index (κ3) is 5.40. The molecule has 7 nitrogen and oxygen atoms in total. The number of fused-ring (bicyclic) bond motifs is 1. The van der Waals surface area contributed by atoms with Crippen LogP contribution in [-0.2, 0) is 31.3 Å². The Balaban J connectivity index is 1.34. The average Bonchev–Trinajstić information content (AvgIpc) is 3.22. The molecule has 0 saturated heterocycles. The van der Waals surface area contributed by atoms with Gasteiger partial charge < -0.3 is 14.6 Å². The lowest BCUT2D eigenvalue weighted by atomic mass is 10.1. The number of nitrogens with zero attached hydrogens (tertiary/aromatic N) is 4. The SMILES string of the molecule is Cc1ccc(OCc2nnc(SCC(=O)Nc3sc4c(c3C#N)CCCCC4)n2C)cc1C. The number of carbonyl (C=O) groups is 1. The number of ether oxygens (including phenoxy) is 1. The number of carbonyl (C=O) groups excluding carboxylic acids is 1. The fourth-order valence-corrected chi connectivity index (χ4v) is 5.78. The van der Waals surface area contributed by atoms with E-state index in [1.54, 1.807) is 11.3 Å². The Morgan fingerprint density at radius 3 is 2.85 bits per heavy atom. The third-order valence-electron chi connectivity index (χ3n) is 5.89. The zero-order valence-electron chi connectivity index (χ0n) is 19.1. The zero-order valence-corrected chi connectivity index (χ0v) is 20.7. The summed E-state index contributed by atoms with van der Waals surface area (Å²) in [4.78, 5) is 13.9. The molecule has 1 aliphatic rings. The van der Waals surface area contributed by atoms with E-state index in [0.717, 1.165) is 37.0 Å². The molecule has 0 saturated carbocycles. The summed E-state index contributed by atoms with van der Waals surface area (Å²) in [7, 11) is 1.86. The Morgan fingerprint density at radius 1 is 1.24 bits per heavy atom. The van der Waals surface area contributed by atoms with Crippen molar-refractivity contribution in [1.29, 1.82) is 5.26 Å². The lowest BCUT2D eigenvalue weighted by Crippen LogP contribution is -2.14. The summed E-state index contributed by atoms with van der Waals surface area (Å²) in [5.41, 5.74) is 4.16. The van der Waals surface area contributed by atoms with E-state index in [9.17, 15) is 10.1 Å². The minimum absolute atomic E-state index is 0.149. The number of thioether (sulfide) groups is 1. The van der Waals surface area contributed by atoms with Gasteiger partial charge in [0.05, 0.1) is 11.3 Å². The normalized spacial score (nSPS) is 13.2. The number of hydrogen-bond acceptors (Lipinski definition) is 7. The van der Waals surface area contributed by atoms with Gasteiger partial charge in [0.1, 0.15) is 23.4 Å². The van der Waals surface area contributed by atoms with E-state index in [0.29, 0.717) is 28.2 Å². The fraction of sp³-hybridized carbons (Fsp3) is 0.417. The molecule has 0 spiro atoms. The highest BCUT2D eigenvalue weighted by Gasteiger charge is 2.21. The summed E-state index contributed by atoms with van der Waals surface area (Å²) in [6, 6.07) is 8.29. The van der Waals surface area contributed by atoms with E-state index in [1.165, 1.54) is 34.2 Å². The summed E-state index contributed by atoms with van der Waals surface area (Å²) in [5, 5.41) is 22.3. The third-order valence-corrected chi connectivity index (χ3v) is 8.12. The van der Waals surface area contributed by atoms with Gasteiger partial charge in [0, 0.05) is 11.9 Å². The number of rotatable bonds is 7. The Kier molecular flexibility index (Phi) is 7.36. The van der Waals surface area contributed by atoms with E-state index in [4.69, 9.17) is 4.74 Å². The van der Waals surface area contributed by atoms with Crippen LogP contribution in [0.15, 0.2) is 23.4 Å². The van der Waals surface area contributed by atoms with Crippen molar-refractivity contribution in [2.75, 3.05) is 11.1 Å². The summed E-state index contributed by atoms with van der Waals surface area (Å²) in [6.45, 7) is 4.41. The highest BCUT2D eigenvalue weighted by atomic mass is 32.2. The number of aromatic nitrogens is 3. The number of thiophene rings is 1. The summed E-state index contributed by atoms with van der Waals surface area (Å²) in [5.74, 6) is 1.52. The van der Waals surface area contributed by atoms with Crippen LogP contribution in [0, 0.1) is 25.2 Å². The minimum Gasteiger partial charge on any atom is -0.486 e. The minimum atomic E-state index is -0.149. The molecule has 2 aromatic heterocycles. The van der Waals surface area contributed by atoms with Gasteiger partial charge in [0.2, 0.25) is 5.91 Å². The smallest absolute Gasteiger partial charge is 0.235 e. The molecule has 0 bridgehead atoms. The van der Waals surface area contributed by atoms with E-state index >= 15 is 0 Å². The number of nitriles is 1. The van der Waals surface area contributed by atoms with Gasteiger partial charge in [-0.15, -0.1) is 21.5 Å². The molecule has 33 heavy (non-hydrogen) atoms. The van der Waals surface area contributed by atoms with Crippen LogP contribution in [0.2, 0.25) is 0 Å². The van der Waals surface area contributed by atoms with Crippen molar-refractivity contribution in [1.82, 2.24) is 14.8 Å². The van der Waals surface area contributed by atoms with Crippen molar-refractivity contribution in [2.24, 2.45) is 7.05 Å². The molecule has 0 unspecified atom stereocenters. The zero-order chi connectivity index (χ0) is 23.4. The predicted octanol–water partition coefficient (Wildman–Crippen LogP) is 4.94. The molecule has 3 aromatic rings. The molecule has 172 valence electrons. The molecule has 2 heterocycles. The lowest BCUT2D eigenvalue weighted by molar-refractivity contribution is -0.113. The van der Waals surface area contributed by atoms with Gasteiger partial charge in [-0.1, -0.05) is 24.2 Å². The fourth-order valence-electron chi connectivity index (χ4n) is 3.79. The molecule has 0 aliphatic heterocycles. The van der Waals surface area contributed by atoms with E-state index in [-0.39, 0.29) is 11.7 Å². The van der Waals surface area contributed by atoms with Gasteiger partial charge in [0.15, 0.2) is 11.0 Å². The molecular weight excluding hydrogens is 454 g/mol. The van der Waals surface area contributed by atoms with Crippen molar-refractivity contribution in [3.05, 3.63) is 51.2 Å².